The monoisotopic (exact) mass is 222 g/mol. The molecule has 0 radical (unpaired) electrons. The van der Waals surface area contributed by atoms with Gasteiger partial charge in [-0.3, -0.25) is 0 Å². The minimum Gasteiger partial charge on any atom is -0.338 e. The molecule has 1 atom stereocenters. The number of nitrogens with two attached hydrogens (primary N) is 1. The summed E-state index contributed by atoms with van der Waals surface area (Å²) in [7, 11) is 0. The van der Waals surface area contributed by atoms with Gasteiger partial charge in [0, 0.05) is 36.6 Å². The van der Waals surface area contributed by atoms with Gasteiger partial charge in [0.05, 0.1) is 0 Å². The van der Waals surface area contributed by atoms with Crippen molar-refractivity contribution in [3.05, 3.63) is 17.5 Å². The highest BCUT2D eigenvalue weighted by Gasteiger charge is 2.14. The van der Waals surface area contributed by atoms with Gasteiger partial charge in [-0.05, 0) is 27.2 Å². The Balaban J connectivity index is 2.98. The van der Waals surface area contributed by atoms with Crippen LogP contribution in [0.1, 0.15) is 38.4 Å². The van der Waals surface area contributed by atoms with Crippen LogP contribution < -0.4 is 10.6 Å². The van der Waals surface area contributed by atoms with Crippen molar-refractivity contribution in [1.29, 1.82) is 0 Å². The third-order valence-electron chi connectivity index (χ3n) is 3.01. The van der Waals surface area contributed by atoms with Crippen molar-refractivity contribution in [2.75, 3.05) is 11.4 Å². The zero-order valence-electron chi connectivity index (χ0n) is 10.7. The number of anilines is 1. The molecule has 0 saturated carbocycles. The van der Waals surface area contributed by atoms with Gasteiger partial charge in [0.15, 0.2) is 0 Å². The highest BCUT2D eigenvalue weighted by Crippen LogP contribution is 2.14. The van der Waals surface area contributed by atoms with Crippen LogP contribution in [-0.2, 0) is 6.54 Å². The number of rotatable bonds is 5. The molecule has 0 fully saturated rings. The highest BCUT2D eigenvalue weighted by atomic mass is 15.3. The lowest BCUT2D eigenvalue weighted by molar-refractivity contribution is 0.613. The number of aromatic nitrogens is 2. The lowest BCUT2D eigenvalue weighted by Gasteiger charge is -2.27. The van der Waals surface area contributed by atoms with Gasteiger partial charge in [0.2, 0.25) is 5.95 Å². The van der Waals surface area contributed by atoms with Gasteiger partial charge >= 0.3 is 0 Å². The summed E-state index contributed by atoms with van der Waals surface area (Å²) in [5, 5.41) is 0. The maximum absolute atomic E-state index is 5.60. The van der Waals surface area contributed by atoms with E-state index in [2.05, 4.69) is 35.6 Å². The van der Waals surface area contributed by atoms with Crippen LogP contribution >= 0.6 is 0 Å². The van der Waals surface area contributed by atoms with Gasteiger partial charge in [-0.2, -0.15) is 0 Å². The normalized spacial score (nSPS) is 12.6. The molecule has 1 aromatic heterocycles. The summed E-state index contributed by atoms with van der Waals surface area (Å²) < 4.78 is 0. The largest absolute Gasteiger partial charge is 0.338 e. The van der Waals surface area contributed by atoms with E-state index in [0.717, 1.165) is 30.2 Å². The Bertz CT molecular complexity index is 338. The van der Waals surface area contributed by atoms with Crippen LogP contribution in [0.4, 0.5) is 5.95 Å². The number of hydrogen-bond acceptors (Lipinski definition) is 4. The maximum Gasteiger partial charge on any atom is 0.225 e. The van der Waals surface area contributed by atoms with Gasteiger partial charge in [0.25, 0.3) is 0 Å². The molecule has 0 saturated heterocycles. The fraction of sp³-hybridized carbons (Fsp3) is 0.667. The predicted molar refractivity (Wildman–Crippen MR) is 67.4 cm³/mol. The van der Waals surface area contributed by atoms with E-state index in [1.54, 1.807) is 0 Å². The molecule has 0 aromatic carbocycles. The zero-order chi connectivity index (χ0) is 12.1. The molecule has 90 valence electrons. The Morgan fingerprint density at radius 2 is 2.12 bits per heavy atom. The molecular weight excluding hydrogens is 200 g/mol. The van der Waals surface area contributed by atoms with Crippen molar-refractivity contribution >= 4 is 5.95 Å². The Labute approximate surface area is 97.9 Å². The van der Waals surface area contributed by atoms with Crippen LogP contribution in [0.15, 0.2) is 6.20 Å². The van der Waals surface area contributed by atoms with Gasteiger partial charge in [0.1, 0.15) is 0 Å². The molecule has 1 rings (SSSR count). The molecule has 4 heteroatoms. The lowest BCUT2D eigenvalue weighted by atomic mass is 10.2. The van der Waals surface area contributed by atoms with Crippen molar-refractivity contribution < 1.29 is 0 Å². The van der Waals surface area contributed by atoms with Crippen molar-refractivity contribution in [2.45, 2.75) is 46.7 Å². The lowest BCUT2D eigenvalue weighted by Crippen LogP contribution is -2.34. The Hall–Kier alpha value is -1.16. The van der Waals surface area contributed by atoms with E-state index in [0.29, 0.717) is 12.6 Å². The van der Waals surface area contributed by atoms with E-state index < -0.39 is 0 Å². The second-order valence-corrected chi connectivity index (χ2v) is 4.03. The van der Waals surface area contributed by atoms with Gasteiger partial charge in [-0.1, -0.05) is 6.92 Å². The fourth-order valence-corrected chi connectivity index (χ4v) is 1.69. The third kappa shape index (κ3) is 2.70. The van der Waals surface area contributed by atoms with Gasteiger partial charge in [-0.15, -0.1) is 0 Å². The van der Waals surface area contributed by atoms with Crippen molar-refractivity contribution in [3.8, 4) is 0 Å². The molecule has 4 nitrogen and oxygen atoms in total. The van der Waals surface area contributed by atoms with E-state index in [1.807, 2.05) is 13.1 Å². The quantitative estimate of drug-likeness (QED) is 0.826. The Morgan fingerprint density at radius 3 is 2.56 bits per heavy atom. The Morgan fingerprint density at radius 1 is 1.44 bits per heavy atom. The summed E-state index contributed by atoms with van der Waals surface area (Å²) in [6.45, 7) is 9.91. The van der Waals surface area contributed by atoms with E-state index in [9.17, 15) is 0 Å². The van der Waals surface area contributed by atoms with E-state index >= 15 is 0 Å². The summed E-state index contributed by atoms with van der Waals surface area (Å²) >= 11 is 0. The molecule has 1 unspecified atom stereocenters. The second-order valence-electron chi connectivity index (χ2n) is 4.03. The van der Waals surface area contributed by atoms with E-state index in [-0.39, 0.29) is 0 Å². The van der Waals surface area contributed by atoms with Crippen LogP contribution in [0.5, 0.6) is 0 Å². The topological polar surface area (TPSA) is 55.0 Å². The predicted octanol–water partition coefficient (Wildman–Crippen LogP) is 1.87. The Kier molecular flexibility index (Phi) is 4.68. The van der Waals surface area contributed by atoms with Crippen molar-refractivity contribution in [2.24, 2.45) is 5.73 Å². The standard InChI is InChI=1S/C12H22N4/c1-5-9(3)16(6-2)12-14-8-11(7-13)10(4)15-12/h8-9H,5-7,13H2,1-4H3. The minimum absolute atomic E-state index is 0.466. The van der Waals surface area contributed by atoms with Crippen LogP contribution in [-0.4, -0.2) is 22.6 Å². The van der Waals surface area contributed by atoms with E-state index in [1.165, 1.54) is 0 Å². The van der Waals surface area contributed by atoms with E-state index in [4.69, 9.17) is 5.73 Å². The summed E-state index contributed by atoms with van der Waals surface area (Å²) in [6.07, 6.45) is 2.93. The van der Waals surface area contributed by atoms with Gasteiger partial charge < -0.3 is 10.6 Å². The van der Waals surface area contributed by atoms with Gasteiger partial charge in [-0.25, -0.2) is 9.97 Å². The maximum atomic E-state index is 5.60. The SMILES string of the molecule is CCC(C)N(CC)c1ncc(CN)c(C)n1. The average molecular weight is 222 g/mol. The number of nitrogens with zero attached hydrogens (tertiary/aromatic N) is 3. The molecule has 2 N–H and O–H groups in total. The number of hydrogen-bond donors (Lipinski definition) is 1. The summed E-state index contributed by atoms with van der Waals surface area (Å²) in [5.41, 5.74) is 7.60. The average Bonchev–Trinajstić information content (AvgIpc) is 2.30. The summed E-state index contributed by atoms with van der Waals surface area (Å²) in [4.78, 5) is 11.1. The smallest absolute Gasteiger partial charge is 0.225 e. The first-order valence-electron chi connectivity index (χ1n) is 5.93. The molecular formula is C12H22N4. The molecule has 0 aliphatic carbocycles. The first-order valence-corrected chi connectivity index (χ1v) is 5.93. The third-order valence-corrected chi connectivity index (χ3v) is 3.01. The highest BCUT2D eigenvalue weighted by molar-refractivity contribution is 5.33. The zero-order valence-corrected chi connectivity index (χ0v) is 10.7. The molecule has 1 heterocycles. The molecule has 0 aliphatic rings. The fourth-order valence-electron chi connectivity index (χ4n) is 1.69. The summed E-state index contributed by atoms with van der Waals surface area (Å²) in [5.74, 6) is 0.812. The molecule has 0 amide bonds. The first kappa shape index (κ1) is 12.9. The molecule has 0 aliphatic heterocycles. The molecule has 1 aromatic rings. The molecule has 0 spiro atoms. The van der Waals surface area contributed by atoms with Crippen LogP contribution in [0.2, 0.25) is 0 Å². The first-order chi connectivity index (χ1) is 7.63. The second kappa shape index (κ2) is 5.80. The molecule has 0 bridgehead atoms. The van der Waals surface area contributed by atoms with Crippen LogP contribution in [0, 0.1) is 6.92 Å². The van der Waals surface area contributed by atoms with Crippen LogP contribution in [0.3, 0.4) is 0 Å². The number of aryl methyl sites for hydroxylation is 1. The van der Waals surface area contributed by atoms with Crippen molar-refractivity contribution in [1.82, 2.24) is 9.97 Å². The summed E-state index contributed by atoms with van der Waals surface area (Å²) in [6, 6.07) is 0.466. The van der Waals surface area contributed by atoms with Crippen molar-refractivity contribution in [3.63, 3.8) is 0 Å². The minimum atomic E-state index is 0.466. The van der Waals surface area contributed by atoms with Crippen LogP contribution in [0.25, 0.3) is 0 Å². The molecule has 16 heavy (non-hydrogen) atoms.